The van der Waals surface area contributed by atoms with Gasteiger partial charge >= 0.3 is 0 Å². The van der Waals surface area contributed by atoms with E-state index in [0.717, 1.165) is 5.33 Å². The predicted molar refractivity (Wildman–Crippen MR) is 53.4 cm³/mol. The summed E-state index contributed by atoms with van der Waals surface area (Å²) in [6, 6.07) is 8.71. The Morgan fingerprint density at radius 1 is 1.27 bits per heavy atom. The molecule has 60 valence electrons. The fourth-order valence-corrected chi connectivity index (χ4v) is 1.36. The molecule has 0 bridgehead atoms. The van der Waals surface area contributed by atoms with Gasteiger partial charge in [0.25, 0.3) is 0 Å². The van der Waals surface area contributed by atoms with E-state index in [1.54, 1.807) is 0 Å². The van der Waals surface area contributed by atoms with Gasteiger partial charge in [-0.1, -0.05) is 52.7 Å². The number of hydrogen-bond acceptors (Lipinski definition) is 0. The molecule has 0 aliphatic carbocycles. The zero-order valence-corrected chi connectivity index (χ0v) is 8.56. The minimum absolute atomic E-state index is 0.621. The number of hydrogen-bond donors (Lipinski definition) is 0. The Kier molecular flexibility index (Phi) is 3.13. The van der Waals surface area contributed by atoms with Crippen LogP contribution in [0.1, 0.15) is 24.0 Å². The lowest BCUT2D eigenvalue weighted by atomic mass is 10.0. The van der Waals surface area contributed by atoms with Gasteiger partial charge in [0.1, 0.15) is 0 Å². The third kappa shape index (κ3) is 2.33. The number of benzene rings is 1. The number of halogens is 1. The van der Waals surface area contributed by atoms with Crippen LogP contribution in [-0.4, -0.2) is 5.33 Å². The second-order valence-corrected chi connectivity index (χ2v) is 3.61. The summed E-state index contributed by atoms with van der Waals surface area (Å²) in [6.45, 7) is 4.34. The molecule has 11 heavy (non-hydrogen) atoms. The molecule has 1 aromatic carbocycles. The van der Waals surface area contributed by atoms with Crippen molar-refractivity contribution < 1.29 is 0 Å². The summed E-state index contributed by atoms with van der Waals surface area (Å²) < 4.78 is 0. The third-order valence-corrected chi connectivity index (χ3v) is 2.85. The summed E-state index contributed by atoms with van der Waals surface area (Å²) in [5.74, 6) is 0.621. The Hall–Kier alpha value is -0.300. The standard InChI is InChI=1S/C10H13Br/c1-8-3-5-10(6-4-8)9(2)7-11/h3-6,9H,7H2,1-2H3. The summed E-state index contributed by atoms with van der Waals surface area (Å²) in [7, 11) is 0. The molecule has 1 atom stereocenters. The van der Waals surface area contributed by atoms with Crippen LogP contribution in [-0.2, 0) is 0 Å². The minimum Gasteiger partial charge on any atom is -0.0922 e. The van der Waals surface area contributed by atoms with E-state index in [2.05, 4.69) is 54.0 Å². The molecule has 1 aromatic rings. The Morgan fingerprint density at radius 2 is 1.82 bits per heavy atom. The van der Waals surface area contributed by atoms with Crippen LogP contribution in [0.25, 0.3) is 0 Å². The van der Waals surface area contributed by atoms with E-state index in [4.69, 9.17) is 0 Å². The van der Waals surface area contributed by atoms with Crippen molar-refractivity contribution in [3.05, 3.63) is 35.4 Å². The van der Waals surface area contributed by atoms with Crippen LogP contribution in [0.4, 0.5) is 0 Å². The molecule has 0 amide bonds. The van der Waals surface area contributed by atoms with E-state index >= 15 is 0 Å². The first kappa shape index (κ1) is 8.79. The highest BCUT2D eigenvalue weighted by Crippen LogP contribution is 2.17. The lowest BCUT2D eigenvalue weighted by Gasteiger charge is -2.07. The van der Waals surface area contributed by atoms with Crippen LogP contribution < -0.4 is 0 Å². The third-order valence-electron chi connectivity index (χ3n) is 1.88. The Morgan fingerprint density at radius 3 is 2.27 bits per heavy atom. The molecule has 0 aliphatic heterocycles. The van der Waals surface area contributed by atoms with E-state index in [1.807, 2.05) is 0 Å². The predicted octanol–water partition coefficient (Wildman–Crippen LogP) is 3.49. The van der Waals surface area contributed by atoms with Crippen molar-refractivity contribution >= 4 is 15.9 Å². The van der Waals surface area contributed by atoms with Crippen molar-refractivity contribution in [3.63, 3.8) is 0 Å². The molecular formula is C10H13Br. The molecule has 0 saturated heterocycles. The molecule has 1 unspecified atom stereocenters. The minimum atomic E-state index is 0.621. The summed E-state index contributed by atoms with van der Waals surface area (Å²) in [6.07, 6.45) is 0. The summed E-state index contributed by atoms with van der Waals surface area (Å²) >= 11 is 3.47. The average molecular weight is 213 g/mol. The molecule has 0 fully saturated rings. The van der Waals surface area contributed by atoms with Gasteiger partial charge in [-0.3, -0.25) is 0 Å². The molecule has 0 heterocycles. The van der Waals surface area contributed by atoms with Crippen LogP contribution in [0.5, 0.6) is 0 Å². The lowest BCUT2D eigenvalue weighted by molar-refractivity contribution is 0.887. The van der Waals surface area contributed by atoms with Crippen LogP contribution in [0.3, 0.4) is 0 Å². The van der Waals surface area contributed by atoms with Crippen molar-refractivity contribution in [2.45, 2.75) is 19.8 Å². The van der Waals surface area contributed by atoms with Crippen molar-refractivity contribution in [1.82, 2.24) is 0 Å². The highest BCUT2D eigenvalue weighted by molar-refractivity contribution is 9.09. The highest BCUT2D eigenvalue weighted by Gasteiger charge is 2.01. The maximum absolute atomic E-state index is 3.47. The van der Waals surface area contributed by atoms with Crippen molar-refractivity contribution in [2.75, 3.05) is 5.33 Å². The molecule has 0 aliphatic rings. The van der Waals surface area contributed by atoms with Gasteiger partial charge < -0.3 is 0 Å². The van der Waals surface area contributed by atoms with Gasteiger partial charge in [0.05, 0.1) is 0 Å². The molecule has 1 heteroatoms. The first-order valence-electron chi connectivity index (χ1n) is 3.86. The zero-order valence-electron chi connectivity index (χ0n) is 6.97. The normalized spacial score (nSPS) is 13.0. The summed E-state index contributed by atoms with van der Waals surface area (Å²) in [4.78, 5) is 0. The van der Waals surface area contributed by atoms with Crippen molar-refractivity contribution in [2.24, 2.45) is 0 Å². The van der Waals surface area contributed by atoms with E-state index < -0.39 is 0 Å². The van der Waals surface area contributed by atoms with E-state index in [9.17, 15) is 0 Å². The maximum Gasteiger partial charge on any atom is 0.00975 e. The Bertz CT molecular complexity index is 213. The van der Waals surface area contributed by atoms with Crippen LogP contribution in [0.15, 0.2) is 24.3 Å². The van der Waals surface area contributed by atoms with E-state index in [0.29, 0.717) is 5.92 Å². The SMILES string of the molecule is Cc1ccc(C(C)CBr)cc1. The van der Waals surface area contributed by atoms with Gasteiger partial charge in [-0.2, -0.15) is 0 Å². The fraction of sp³-hybridized carbons (Fsp3) is 0.400. The maximum atomic E-state index is 3.47. The Balaban J connectivity index is 2.81. The smallest absolute Gasteiger partial charge is 0.00975 e. The average Bonchev–Trinajstić information content (AvgIpc) is 2.05. The van der Waals surface area contributed by atoms with Crippen LogP contribution in [0, 0.1) is 6.92 Å². The van der Waals surface area contributed by atoms with Gasteiger partial charge in [-0.25, -0.2) is 0 Å². The second kappa shape index (κ2) is 3.91. The van der Waals surface area contributed by atoms with Crippen molar-refractivity contribution in [1.29, 1.82) is 0 Å². The topological polar surface area (TPSA) is 0 Å². The molecule has 0 saturated carbocycles. The zero-order chi connectivity index (χ0) is 8.27. The van der Waals surface area contributed by atoms with Gasteiger partial charge in [0.2, 0.25) is 0 Å². The summed E-state index contributed by atoms with van der Waals surface area (Å²) in [5, 5.41) is 1.04. The van der Waals surface area contributed by atoms with E-state index in [1.165, 1.54) is 11.1 Å². The molecule has 0 radical (unpaired) electrons. The van der Waals surface area contributed by atoms with Gasteiger partial charge in [-0.15, -0.1) is 0 Å². The lowest BCUT2D eigenvalue weighted by Crippen LogP contribution is -1.93. The molecule has 0 spiro atoms. The second-order valence-electron chi connectivity index (χ2n) is 2.97. The highest BCUT2D eigenvalue weighted by atomic mass is 79.9. The van der Waals surface area contributed by atoms with Crippen LogP contribution in [0.2, 0.25) is 0 Å². The number of rotatable bonds is 2. The molecule has 0 aromatic heterocycles. The molecule has 0 nitrogen and oxygen atoms in total. The molecule has 0 N–H and O–H groups in total. The molecular weight excluding hydrogens is 200 g/mol. The number of aryl methyl sites for hydroxylation is 1. The quantitative estimate of drug-likeness (QED) is 0.659. The first-order valence-corrected chi connectivity index (χ1v) is 4.98. The first-order chi connectivity index (χ1) is 5.24. The number of alkyl halides is 1. The largest absolute Gasteiger partial charge is 0.0922 e. The fourth-order valence-electron chi connectivity index (χ4n) is 0.984. The van der Waals surface area contributed by atoms with Crippen molar-refractivity contribution in [3.8, 4) is 0 Å². The summed E-state index contributed by atoms with van der Waals surface area (Å²) in [5.41, 5.74) is 2.74. The van der Waals surface area contributed by atoms with Gasteiger partial charge in [0.15, 0.2) is 0 Å². The monoisotopic (exact) mass is 212 g/mol. The van der Waals surface area contributed by atoms with Crippen LogP contribution >= 0.6 is 15.9 Å². The Labute approximate surface area is 76.8 Å². The molecule has 1 rings (SSSR count). The van der Waals surface area contributed by atoms with Gasteiger partial charge in [0, 0.05) is 5.33 Å². The van der Waals surface area contributed by atoms with Gasteiger partial charge in [-0.05, 0) is 18.4 Å². The van der Waals surface area contributed by atoms with E-state index in [-0.39, 0.29) is 0 Å².